The van der Waals surface area contributed by atoms with Crippen molar-refractivity contribution >= 4 is 11.9 Å². The lowest BCUT2D eigenvalue weighted by Crippen LogP contribution is -2.37. The molecular weight excluding hydrogens is 424 g/mol. The predicted molar refractivity (Wildman–Crippen MR) is 144 cm³/mol. The number of carboxylic acid groups (broad SMARTS) is 2. The number of carboxylic acids is 2. The summed E-state index contributed by atoms with van der Waals surface area (Å²) in [6, 6.07) is 0. The second kappa shape index (κ2) is 20.2. The summed E-state index contributed by atoms with van der Waals surface area (Å²) in [4.78, 5) is 23.2. The molecule has 0 amide bonds. The van der Waals surface area contributed by atoms with Crippen molar-refractivity contribution in [2.24, 2.45) is 23.2 Å². The zero-order valence-electron chi connectivity index (χ0n) is 23.4. The van der Waals surface area contributed by atoms with Gasteiger partial charge in [0.1, 0.15) is 0 Å². The molecule has 0 saturated carbocycles. The van der Waals surface area contributed by atoms with Gasteiger partial charge in [-0.15, -0.1) is 0 Å². The highest BCUT2D eigenvalue weighted by atomic mass is 16.4. The van der Waals surface area contributed by atoms with Crippen molar-refractivity contribution in [1.29, 1.82) is 0 Å². The fourth-order valence-electron chi connectivity index (χ4n) is 5.85. The third-order valence-electron chi connectivity index (χ3n) is 8.12. The second-order valence-electron chi connectivity index (χ2n) is 11.2. The van der Waals surface area contributed by atoms with E-state index in [-0.39, 0.29) is 17.8 Å². The lowest BCUT2D eigenvalue weighted by Gasteiger charge is -2.41. The summed E-state index contributed by atoms with van der Waals surface area (Å²) in [5.41, 5.74) is -0.133. The van der Waals surface area contributed by atoms with Gasteiger partial charge in [0.25, 0.3) is 0 Å². The van der Waals surface area contributed by atoms with E-state index >= 15 is 0 Å². The van der Waals surface area contributed by atoms with E-state index in [9.17, 15) is 14.7 Å². The Morgan fingerprint density at radius 1 is 0.647 bits per heavy atom. The summed E-state index contributed by atoms with van der Waals surface area (Å²) in [6.07, 6.45) is 19.9. The number of unbranched alkanes of at least 4 members (excludes halogenated alkanes) is 8. The minimum atomic E-state index is -0.706. The van der Waals surface area contributed by atoms with Gasteiger partial charge in [-0.25, -0.2) is 0 Å². The molecule has 202 valence electrons. The average Bonchev–Trinajstić information content (AvgIpc) is 2.80. The Labute approximate surface area is 211 Å². The molecule has 0 aromatic carbocycles. The zero-order valence-corrected chi connectivity index (χ0v) is 23.4. The maximum Gasteiger partial charge on any atom is 0.307 e. The Balaban J connectivity index is 5.07. The molecule has 0 aromatic rings. The fraction of sp³-hybridized carbons (Fsp3) is 0.933. The topological polar surface area (TPSA) is 74.6 Å². The van der Waals surface area contributed by atoms with Crippen molar-refractivity contribution in [3.8, 4) is 0 Å². The Morgan fingerprint density at radius 3 is 1.47 bits per heavy atom. The van der Waals surface area contributed by atoms with Gasteiger partial charge < -0.3 is 10.2 Å². The van der Waals surface area contributed by atoms with Gasteiger partial charge in [0, 0.05) is 6.42 Å². The van der Waals surface area contributed by atoms with Gasteiger partial charge in [0.15, 0.2) is 0 Å². The highest BCUT2D eigenvalue weighted by Crippen LogP contribution is 2.46. The van der Waals surface area contributed by atoms with Crippen molar-refractivity contribution in [2.75, 3.05) is 0 Å². The molecule has 0 aliphatic carbocycles. The van der Waals surface area contributed by atoms with Crippen LogP contribution < -0.4 is 0 Å². The molecule has 3 unspecified atom stereocenters. The molecule has 0 aliphatic heterocycles. The first-order valence-electron chi connectivity index (χ1n) is 14.7. The van der Waals surface area contributed by atoms with Crippen molar-refractivity contribution in [3.63, 3.8) is 0 Å². The van der Waals surface area contributed by atoms with Gasteiger partial charge in [-0.05, 0) is 42.9 Å². The van der Waals surface area contributed by atoms with Gasteiger partial charge in [0.2, 0.25) is 0 Å². The van der Waals surface area contributed by atoms with Crippen LogP contribution in [0.3, 0.4) is 0 Å². The van der Waals surface area contributed by atoms with Crippen LogP contribution in [0.4, 0.5) is 0 Å². The van der Waals surface area contributed by atoms with Gasteiger partial charge >= 0.3 is 11.9 Å². The molecule has 0 heterocycles. The first kappa shape index (κ1) is 32.9. The fourth-order valence-corrected chi connectivity index (χ4v) is 5.85. The van der Waals surface area contributed by atoms with E-state index in [2.05, 4.69) is 34.6 Å². The van der Waals surface area contributed by atoms with E-state index in [1.165, 1.54) is 38.5 Å². The predicted octanol–water partition coefficient (Wildman–Crippen LogP) is 9.50. The maximum absolute atomic E-state index is 12.6. The zero-order chi connectivity index (χ0) is 25.8. The largest absolute Gasteiger partial charge is 0.481 e. The summed E-state index contributed by atoms with van der Waals surface area (Å²) in [5.74, 6) is -0.299. The Hall–Kier alpha value is -1.06. The van der Waals surface area contributed by atoms with Crippen molar-refractivity contribution in [3.05, 3.63) is 0 Å². The minimum Gasteiger partial charge on any atom is -0.481 e. The Kier molecular flexibility index (Phi) is 19.5. The van der Waals surface area contributed by atoms with Crippen LogP contribution in [-0.4, -0.2) is 22.2 Å². The smallest absolute Gasteiger partial charge is 0.307 e. The summed E-state index contributed by atoms with van der Waals surface area (Å²) < 4.78 is 0. The van der Waals surface area contributed by atoms with Gasteiger partial charge in [0.05, 0.1) is 5.92 Å². The molecular formula is C30H58O4. The van der Waals surface area contributed by atoms with Crippen LogP contribution in [0, 0.1) is 23.2 Å². The summed E-state index contributed by atoms with van der Waals surface area (Å²) in [7, 11) is 0. The minimum absolute atomic E-state index is 0.133. The third kappa shape index (κ3) is 15.0. The molecule has 0 bridgehead atoms. The molecule has 0 rings (SSSR count). The highest BCUT2D eigenvalue weighted by Gasteiger charge is 2.41. The van der Waals surface area contributed by atoms with Crippen LogP contribution in [0.15, 0.2) is 0 Å². The monoisotopic (exact) mass is 482 g/mol. The molecule has 0 radical (unpaired) electrons. The number of aliphatic carboxylic acids is 2. The average molecular weight is 483 g/mol. The van der Waals surface area contributed by atoms with Crippen LogP contribution in [0.1, 0.15) is 157 Å². The van der Waals surface area contributed by atoms with Crippen LogP contribution in [0.5, 0.6) is 0 Å². The SMILES string of the molecule is CCCCC(CC)CC(C)(CC(CC)CCCC)C(CCCCCCCCCC(=O)O)C(=O)O. The number of carbonyl (C=O) groups is 2. The van der Waals surface area contributed by atoms with E-state index in [4.69, 9.17) is 5.11 Å². The molecule has 34 heavy (non-hydrogen) atoms. The lowest BCUT2D eigenvalue weighted by molar-refractivity contribution is -0.148. The van der Waals surface area contributed by atoms with E-state index in [1.54, 1.807) is 0 Å². The summed E-state index contributed by atoms with van der Waals surface area (Å²) >= 11 is 0. The third-order valence-corrected chi connectivity index (χ3v) is 8.12. The van der Waals surface area contributed by atoms with Crippen LogP contribution in [0.25, 0.3) is 0 Å². The Bertz CT molecular complexity index is 498. The maximum atomic E-state index is 12.6. The molecule has 3 atom stereocenters. The summed E-state index contributed by atoms with van der Waals surface area (Å²) in [5, 5.41) is 19.1. The van der Waals surface area contributed by atoms with Gasteiger partial charge in [-0.2, -0.15) is 0 Å². The first-order chi connectivity index (χ1) is 16.2. The first-order valence-corrected chi connectivity index (χ1v) is 14.7. The van der Waals surface area contributed by atoms with Crippen LogP contribution in [0.2, 0.25) is 0 Å². The molecule has 4 nitrogen and oxygen atoms in total. The molecule has 0 saturated heterocycles. The summed E-state index contributed by atoms with van der Waals surface area (Å²) in [6.45, 7) is 11.4. The second-order valence-corrected chi connectivity index (χ2v) is 11.2. The van der Waals surface area contributed by atoms with E-state index in [0.29, 0.717) is 11.8 Å². The van der Waals surface area contributed by atoms with Crippen molar-refractivity contribution in [1.82, 2.24) is 0 Å². The Morgan fingerprint density at radius 2 is 1.09 bits per heavy atom. The normalized spacial score (nSPS) is 16.0. The van der Waals surface area contributed by atoms with Crippen LogP contribution >= 0.6 is 0 Å². The molecule has 0 spiro atoms. The van der Waals surface area contributed by atoms with E-state index < -0.39 is 11.9 Å². The molecule has 0 fully saturated rings. The number of hydrogen-bond acceptors (Lipinski definition) is 2. The lowest BCUT2D eigenvalue weighted by atomic mass is 9.63. The van der Waals surface area contributed by atoms with E-state index in [1.807, 2.05) is 0 Å². The number of hydrogen-bond donors (Lipinski definition) is 2. The molecule has 0 aliphatic rings. The van der Waals surface area contributed by atoms with Crippen LogP contribution in [-0.2, 0) is 9.59 Å². The molecule has 0 aromatic heterocycles. The highest BCUT2D eigenvalue weighted by molar-refractivity contribution is 5.71. The van der Waals surface area contributed by atoms with Crippen molar-refractivity contribution < 1.29 is 19.8 Å². The molecule has 2 N–H and O–H groups in total. The van der Waals surface area contributed by atoms with Gasteiger partial charge in [-0.3, -0.25) is 9.59 Å². The van der Waals surface area contributed by atoms with Crippen molar-refractivity contribution in [2.45, 2.75) is 157 Å². The van der Waals surface area contributed by atoms with Gasteiger partial charge in [-0.1, -0.05) is 125 Å². The quantitative estimate of drug-likeness (QED) is 0.134. The number of rotatable bonds is 24. The molecule has 4 heteroatoms. The van der Waals surface area contributed by atoms with E-state index in [0.717, 1.165) is 77.0 Å². The standard InChI is InChI=1S/C30H58O4/c1-6-10-19-25(8-3)23-30(5,24-26(9-4)20-11-7-2)27(29(33)34)21-17-15-13-12-14-16-18-22-28(31)32/h25-27H,6-24H2,1-5H3,(H,31,32)(H,33,34).